The molecule has 0 spiro atoms. The normalized spacial score (nSPS) is 12.0. The lowest BCUT2D eigenvalue weighted by atomic mass is 10.0. The van der Waals surface area contributed by atoms with E-state index in [2.05, 4.69) is 6.92 Å². The van der Waals surface area contributed by atoms with E-state index in [4.69, 9.17) is 9.47 Å². The molecule has 0 aromatic heterocycles. The number of carbonyl (C=O) groups excluding carboxylic acids is 2. The van der Waals surface area contributed by atoms with Gasteiger partial charge in [0.25, 0.3) is 0 Å². The van der Waals surface area contributed by atoms with Crippen molar-refractivity contribution < 1.29 is 19.1 Å². The van der Waals surface area contributed by atoms with E-state index in [1.807, 2.05) is 6.92 Å². The molecule has 1 unspecified atom stereocenters. The maximum Gasteiger partial charge on any atom is 0.305 e. The van der Waals surface area contributed by atoms with Crippen LogP contribution in [-0.2, 0) is 19.1 Å². The van der Waals surface area contributed by atoms with Gasteiger partial charge in [-0.05, 0) is 32.6 Å². The molecule has 0 aromatic carbocycles. The first kappa shape index (κ1) is 22.9. The maximum atomic E-state index is 11.3. The van der Waals surface area contributed by atoms with Crippen LogP contribution in [0.2, 0.25) is 0 Å². The van der Waals surface area contributed by atoms with Gasteiger partial charge in [0, 0.05) is 13.3 Å². The Bertz CT molecular complexity index is 315. The van der Waals surface area contributed by atoms with Gasteiger partial charge in [-0.1, -0.05) is 58.3 Å². The predicted molar refractivity (Wildman–Crippen MR) is 97.9 cm³/mol. The standard InChI is InChI=1S/C20H38O4/c1-4-6-7-8-9-10-11-12-13-15-19(24-18(3)21)16-14-17-20(22)23-5-2/h19H,4-17H2,1-3H3. The van der Waals surface area contributed by atoms with Crippen molar-refractivity contribution in [2.75, 3.05) is 6.61 Å². The Labute approximate surface area is 148 Å². The van der Waals surface area contributed by atoms with Crippen LogP contribution in [0.3, 0.4) is 0 Å². The van der Waals surface area contributed by atoms with Gasteiger partial charge in [0.2, 0.25) is 0 Å². The molecule has 0 bridgehead atoms. The smallest absolute Gasteiger partial charge is 0.305 e. The van der Waals surface area contributed by atoms with E-state index in [9.17, 15) is 9.59 Å². The number of rotatable bonds is 16. The number of unbranched alkanes of at least 4 members (excludes halogenated alkanes) is 8. The second-order valence-corrected chi connectivity index (χ2v) is 6.55. The number of ether oxygens (including phenoxy) is 2. The maximum absolute atomic E-state index is 11.3. The molecule has 1 atom stereocenters. The van der Waals surface area contributed by atoms with E-state index in [-0.39, 0.29) is 18.0 Å². The molecule has 0 heterocycles. The molecule has 0 saturated heterocycles. The lowest BCUT2D eigenvalue weighted by Gasteiger charge is -2.16. The van der Waals surface area contributed by atoms with Crippen molar-refractivity contribution in [2.24, 2.45) is 0 Å². The van der Waals surface area contributed by atoms with Crippen LogP contribution in [0.25, 0.3) is 0 Å². The van der Waals surface area contributed by atoms with E-state index in [1.54, 1.807) is 0 Å². The van der Waals surface area contributed by atoms with Crippen molar-refractivity contribution in [3.05, 3.63) is 0 Å². The Morgan fingerprint density at radius 1 is 0.792 bits per heavy atom. The lowest BCUT2D eigenvalue weighted by molar-refractivity contribution is -0.147. The second-order valence-electron chi connectivity index (χ2n) is 6.55. The second kappa shape index (κ2) is 16.8. The third-order valence-corrected chi connectivity index (χ3v) is 4.17. The fourth-order valence-electron chi connectivity index (χ4n) is 2.89. The Morgan fingerprint density at radius 3 is 1.88 bits per heavy atom. The topological polar surface area (TPSA) is 52.6 Å². The summed E-state index contributed by atoms with van der Waals surface area (Å²) in [5, 5.41) is 0. The average molecular weight is 343 g/mol. The third kappa shape index (κ3) is 15.8. The summed E-state index contributed by atoms with van der Waals surface area (Å²) in [5.74, 6) is -0.394. The zero-order chi connectivity index (χ0) is 18.0. The number of hydrogen-bond donors (Lipinski definition) is 0. The van der Waals surface area contributed by atoms with Crippen LogP contribution in [0, 0.1) is 0 Å². The molecule has 0 aromatic rings. The molecule has 24 heavy (non-hydrogen) atoms. The van der Waals surface area contributed by atoms with E-state index in [1.165, 1.54) is 58.3 Å². The van der Waals surface area contributed by atoms with Gasteiger partial charge in [0.15, 0.2) is 0 Å². The van der Waals surface area contributed by atoms with Crippen molar-refractivity contribution in [2.45, 2.75) is 110 Å². The van der Waals surface area contributed by atoms with Crippen LogP contribution >= 0.6 is 0 Å². The average Bonchev–Trinajstić information content (AvgIpc) is 2.52. The van der Waals surface area contributed by atoms with Gasteiger partial charge in [0.1, 0.15) is 6.10 Å². The summed E-state index contributed by atoms with van der Waals surface area (Å²) < 4.78 is 10.3. The molecule has 4 heteroatoms. The highest BCUT2D eigenvalue weighted by molar-refractivity contribution is 5.69. The molecule has 142 valence electrons. The minimum absolute atomic E-state index is 0.0542. The molecule has 0 N–H and O–H groups in total. The summed E-state index contributed by atoms with van der Waals surface area (Å²) in [6, 6.07) is 0. The van der Waals surface area contributed by atoms with Gasteiger partial charge in [0.05, 0.1) is 6.61 Å². The van der Waals surface area contributed by atoms with Gasteiger partial charge in [-0.25, -0.2) is 0 Å². The lowest BCUT2D eigenvalue weighted by Crippen LogP contribution is -2.17. The predicted octanol–water partition coefficient (Wildman–Crippen LogP) is 5.57. The molecule has 0 fully saturated rings. The van der Waals surface area contributed by atoms with Gasteiger partial charge in [-0.3, -0.25) is 9.59 Å². The quantitative estimate of drug-likeness (QED) is 0.272. The van der Waals surface area contributed by atoms with Gasteiger partial charge < -0.3 is 9.47 Å². The minimum Gasteiger partial charge on any atom is -0.466 e. The fraction of sp³-hybridized carbons (Fsp3) is 0.900. The zero-order valence-electron chi connectivity index (χ0n) is 16.1. The van der Waals surface area contributed by atoms with Crippen molar-refractivity contribution in [3.8, 4) is 0 Å². The summed E-state index contributed by atoms with van der Waals surface area (Å²) in [6.45, 7) is 5.93. The summed E-state index contributed by atoms with van der Waals surface area (Å²) >= 11 is 0. The van der Waals surface area contributed by atoms with Crippen LogP contribution in [0.15, 0.2) is 0 Å². The van der Waals surface area contributed by atoms with E-state index in [0.29, 0.717) is 19.4 Å². The number of carbonyl (C=O) groups is 2. The SMILES string of the molecule is CCCCCCCCCCCC(CCCC(=O)OCC)OC(C)=O. The molecule has 0 aliphatic rings. The summed E-state index contributed by atoms with van der Waals surface area (Å²) in [6.07, 6.45) is 14.3. The summed E-state index contributed by atoms with van der Waals surface area (Å²) in [7, 11) is 0. The molecule has 0 aliphatic heterocycles. The zero-order valence-corrected chi connectivity index (χ0v) is 16.1. The highest BCUT2D eigenvalue weighted by Gasteiger charge is 2.13. The molecular weight excluding hydrogens is 304 g/mol. The first-order valence-electron chi connectivity index (χ1n) is 9.93. The molecule has 0 rings (SSSR count). The Hall–Kier alpha value is -1.06. The monoisotopic (exact) mass is 342 g/mol. The highest BCUT2D eigenvalue weighted by Crippen LogP contribution is 2.16. The Balaban J connectivity index is 3.71. The van der Waals surface area contributed by atoms with E-state index in [0.717, 1.165) is 19.3 Å². The largest absolute Gasteiger partial charge is 0.466 e. The van der Waals surface area contributed by atoms with Crippen molar-refractivity contribution in [1.82, 2.24) is 0 Å². The highest BCUT2D eigenvalue weighted by atomic mass is 16.5. The number of esters is 2. The molecular formula is C20H38O4. The van der Waals surface area contributed by atoms with Gasteiger partial charge in [-0.15, -0.1) is 0 Å². The van der Waals surface area contributed by atoms with Gasteiger partial charge >= 0.3 is 11.9 Å². The van der Waals surface area contributed by atoms with Crippen molar-refractivity contribution in [1.29, 1.82) is 0 Å². The number of hydrogen-bond acceptors (Lipinski definition) is 4. The van der Waals surface area contributed by atoms with Crippen molar-refractivity contribution in [3.63, 3.8) is 0 Å². The van der Waals surface area contributed by atoms with Crippen LogP contribution in [0.4, 0.5) is 0 Å². The van der Waals surface area contributed by atoms with E-state index < -0.39 is 0 Å². The van der Waals surface area contributed by atoms with Crippen molar-refractivity contribution >= 4 is 11.9 Å². The van der Waals surface area contributed by atoms with Crippen LogP contribution in [0.5, 0.6) is 0 Å². The molecule has 0 saturated carbocycles. The Morgan fingerprint density at radius 2 is 1.33 bits per heavy atom. The molecule has 0 amide bonds. The summed E-state index contributed by atoms with van der Waals surface area (Å²) in [4.78, 5) is 22.5. The summed E-state index contributed by atoms with van der Waals surface area (Å²) in [5.41, 5.74) is 0. The van der Waals surface area contributed by atoms with Gasteiger partial charge in [-0.2, -0.15) is 0 Å². The first-order chi connectivity index (χ1) is 11.6. The van der Waals surface area contributed by atoms with E-state index >= 15 is 0 Å². The third-order valence-electron chi connectivity index (χ3n) is 4.17. The van der Waals surface area contributed by atoms with Crippen LogP contribution in [0.1, 0.15) is 104 Å². The van der Waals surface area contributed by atoms with Crippen LogP contribution in [-0.4, -0.2) is 24.6 Å². The Kier molecular flexibility index (Phi) is 16.0. The molecule has 0 aliphatic carbocycles. The molecule has 0 radical (unpaired) electrons. The fourth-order valence-corrected chi connectivity index (χ4v) is 2.89. The first-order valence-corrected chi connectivity index (χ1v) is 9.93. The molecule has 4 nitrogen and oxygen atoms in total. The van der Waals surface area contributed by atoms with Crippen LogP contribution < -0.4 is 0 Å². The minimum atomic E-state index is -0.230.